The molecule has 4 aliphatic rings. The van der Waals surface area contributed by atoms with Crippen molar-refractivity contribution >= 4 is 32.8 Å². The van der Waals surface area contributed by atoms with Gasteiger partial charge in [0.05, 0.1) is 47.1 Å². The normalized spacial score (nSPS) is 22.1. The van der Waals surface area contributed by atoms with Gasteiger partial charge in [0, 0.05) is 23.0 Å². The van der Waals surface area contributed by atoms with Crippen LogP contribution in [0.2, 0.25) is 0 Å². The fraction of sp³-hybridized carbons (Fsp3) is 0.226. The number of ether oxygens (including phenoxy) is 1. The molecule has 3 aromatic heterocycles. The van der Waals surface area contributed by atoms with Gasteiger partial charge < -0.3 is 4.74 Å². The van der Waals surface area contributed by atoms with Gasteiger partial charge in [-0.1, -0.05) is 136 Å². The van der Waals surface area contributed by atoms with Gasteiger partial charge in [0.25, 0.3) is 6.33 Å². The summed E-state index contributed by atoms with van der Waals surface area (Å²) in [5, 5.41) is 2.33. The summed E-state index contributed by atoms with van der Waals surface area (Å²) in [6.45, 7) is 6.65. The van der Waals surface area contributed by atoms with E-state index in [4.69, 9.17) is 23.4 Å². The number of para-hydroxylation sites is 3. The second-order valence-corrected chi connectivity index (χ2v) is 20.2. The van der Waals surface area contributed by atoms with Crippen molar-refractivity contribution in [3.05, 3.63) is 199 Å². The van der Waals surface area contributed by atoms with E-state index in [1.807, 2.05) is 65.4 Å². The van der Waals surface area contributed by atoms with Gasteiger partial charge in [0.15, 0.2) is 0 Å². The first-order valence-electron chi connectivity index (χ1n) is 28.5. The smallest absolute Gasteiger partial charge is 0.269 e. The Morgan fingerprint density at radius 3 is 2.01 bits per heavy atom. The Morgan fingerprint density at radius 2 is 1.31 bits per heavy atom. The van der Waals surface area contributed by atoms with Crippen LogP contribution in [0.1, 0.15) is 84.1 Å². The lowest BCUT2D eigenvalue weighted by molar-refractivity contribution is -0.571. The molecule has 0 N–H and O–H groups in total. The topological polar surface area (TPSA) is 35.9 Å². The molecule has 0 spiro atoms. The largest absolute Gasteiger partial charge is 0.458 e. The minimum Gasteiger partial charge on any atom is -0.458 e. The van der Waals surface area contributed by atoms with Gasteiger partial charge in [-0.05, 0) is 155 Å². The van der Waals surface area contributed by atoms with Crippen LogP contribution in [0.4, 0.5) is 0 Å². The van der Waals surface area contributed by atoms with Crippen molar-refractivity contribution in [2.45, 2.75) is 70.1 Å². The first kappa shape index (κ1) is 30.9. The number of fused-ring (bicyclic) bond motifs is 4. The zero-order valence-electron chi connectivity index (χ0n) is 47.7. The molecule has 0 aliphatic heterocycles. The van der Waals surface area contributed by atoms with Gasteiger partial charge in [-0.25, -0.2) is 4.98 Å². The zero-order chi connectivity index (χ0) is 53.6. The molecule has 328 valence electrons. The fourth-order valence-electron chi connectivity index (χ4n) is 12.3. The minimum atomic E-state index is -0.559. The molecule has 3 heterocycles. The highest BCUT2D eigenvalue weighted by Gasteiger charge is 2.51. The maximum absolute atomic E-state index is 9.07. The van der Waals surface area contributed by atoms with E-state index in [1.54, 1.807) is 22.8 Å². The van der Waals surface area contributed by atoms with E-state index in [0.717, 1.165) is 40.0 Å². The lowest BCUT2D eigenvalue weighted by Gasteiger charge is -2.57. The Kier molecular flexibility index (Phi) is 7.10. The molecule has 0 amide bonds. The highest BCUT2D eigenvalue weighted by atomic mass is 16.5. The highest BCUT2D eigenvalue weighted by Crippen LogP contribution is 2.61. The lowest BCUT2D eigenvalue weighted by Crippen LogP contribution is -2.48. The maximum Gasteiger partial charge on any atom is 0.269 e. The molecule has 4 fully saturated rings. The van der Waals surface area contributed by atoms with Crippen LogP contribution in [-0.2, 0) is 10.8 Å². The maximum atomic E-state index is 9.07. The standard InChI is InChI=1S/C62H54N4O/c1-61(2,3)46-28-29-63-59(34-46)66-55-27-24-47(62-37-41-30-42(38-62)32-43(31-41)39-62)33-54(55)53-26-25-50(36-58(53)66)67-49-19-12-18-48(35-49)64-40-65(57-23-11-10-22-56(57)64)60-51(44-14-6-4-7-15-44)20-13-21-52(60)45-16-8-5-9-17-45/h4-29,33-36,41-43H,30-32,37-39H2,1-3H3/i4D,5D,6D,7D,8D,9D,14D,15D,16D,17D. The predicted molar refractivity (Wildman–Crippen MR) is 272 cm³/mol. The number of benzene rings is 7. The Bertz CT molecular complexity index is 3960. The van der Waals surface area contributed by atoms with E-state index in [2.05, 4.69) is 74.1 Å². The molecule has 0 atom stereocenters. The summed E-state index contributed by atoms with van der Waals surface area (Å²) in [4.78, 5) is 4.99. The Morgan fingerprint density at radius 1 is 0.642 bits per heavy atom. The van der Waals surface area contributed by atoms with Crippen molar-refractivity contribution in [1.29, 1.82) is 0 Å². The van der Waals surface area contributed by atoms with Gasteiger partial charge in [0.1, 0.15) is 17.3 Å². The Hall–Kier alpha value is -7.24. The molecule has 0 unspecified atom stereocenters. The lowest BCUT2D eigenvalue weighted by atomic mass is 9.48. The summed E-state index contributed by atoms with van der Waals surface area (Å²) >= 11 is 0. The number of rotatable bonds is 8. The molecule has 4 bridgehead atoms. The van der Waals surface area contributed by atoms with Crippen LogP contribution in [-0.4, -0.2) is 14.1 Å². The van der Waals surface area contributed by atoms with Gasteiger partial charge in [-0.3, -0.25) is 13.7 Å². The molecule has 7 aromatic carbocycles. The van der Waals surface area contributed by atoms with Crippen molar-refractivity contribution in [2.75, 3.05) is 0 Å². The van der Waals surface area contributed by atoms with E-state index in [9.17, 15) is 0 Å². The molecule has 10 aromatic rings. The van der Waals surface area contributed by atoms with Crippen LogP contribution in [0.5, 0.6) is 11.5 Å². The van der Waals surface area contributed by atoms with Crippen molar-refractivity contribution in [1.82, 2.24) is 14.1 Å². The number of hydrogen-bond donors (Lipinski definition) is 0. The zero-order valence-corrected chi connectivity index (χ0v) is 37.7. The van der Waals surface area contributed by atoms with Crippen molar-refractivity contribution < 1.29 is 23.0 Å². The summed E-state index contributed by atoms with van der Waals surface area (Å²) in [7, 11) is 0. The SMILES string of the molecule is [2H]c1c([2H])c([2H])c(-c2cccc(-c3c([2H])c([2H])c([2H])c([2H])c3[2H])c2-[n+]2[c-]n(-c3cccc(Oc4ccc5c6cc(C78CC9CC(CC(C9)C7)C8)ccc6n(-c6cc(C(C)(C)C)ccn6)c5c4)c3)c3ccccc32)c([2H])c1[2H]. The molecular formula is C62H54N4O. The third-order valence-corrected chi connectivity index (χ3v) is 14.9. The molecular weight excluding hydrogens is 817 g/mol. The third-order valence-electron chi connectivity index (χ3n) is 14.9. The molecule has 5 nitrogen and oxygen atoms in total. The fourth-order valence-corrected chi connectivity index (χ4v) is 12.3. The van der Waals surface area contributed by atoms with Crippen LogP contribution in [0.25, 0.3) is 72.3 Å². The van der Waals surface area contributed by atoms with Crippen LogP contribution in [0.3, 0.4) is 0 Å². The average molecular weight is 881 g/mol. The molecule has 5 heteroatoms. The first-order chi connectivity index (χ1) is 36.9. The van der Waals surface area contributed by atoms with Crippen LogP contribution < -0.4 is 9.30 Å². The van der Waals surface area contributed by atoms with Crippen molar-refractivity contribution in [3.63, 3.8) is 0 Å². The number of hydrogen-bond acceptors (Lipinski definition) is 2. The molecule has 4 saturated carbocycles. The number of imidazole rings is 1. The molecule has 0 radical (unpaired) electrons. The summed E-state index contributed by atoms with van der Waals surface area (Å²) < 4.78 is 100. The van der Waals surface area contributed by atoms with Crippen LogP contribution in [0.15, 0.2) is 182 Å². The number of pyridine rings is 1. The number of nitrogens with zero attached hydrogens (tertiary/aromatic N) is 4. The van der Waals surface area contributed by atoms with Gasteiger partial charge >= 0.3 is 0 Å². The number of aromatic nitrogens is 4. The van der Waals surface area contributed by atoms with Crippen LogP contribution in [0, 0.1) is 24.1 Å². The Balaban J connectivity index is 0.951. The highest BCUT2D eigenvalue weighted by molar-refractivity contribution is 6.10. The summed E-state index contributed by atoms with van der Waals surface area (Å²) in [5.74, 6) is 4.49. The summed E-state index contributed by atoms with van der Waals surface area (Å²) in [6.07, 6.45) is 13.4. The van der Waals surface area contributed by atoms with Crippen molar-refractivity contribution in [3.8, 4) is 50.9 Å². The minimum absolute atomic E-state index is 0.0937. The van der Waals surface area contributed by atoms with Gasteiger partial charge in [0.2, 0.25) is 0 Å². The molecule has 0 saturated heterocycles. The summed E-state index contributed by atoms with van der Waals surface area (Å²) in [6, 6.07) is 32.5. The van der Waals surface area contributed by atoms with Gasteiger partial charge in [-0.2, -0.15) is 0 Å². The van der Waals surface area contributed by atoms with E-state index < -0.39 is 60.4 Å². The average Bonchev–Trinajstić information content (AvgIpc) is 4.20. The Labute approximate surface area is 407 Å². The monoisotopic (exact) mass is 880 g/mol. The third kappa shape index (κ3) is 6.81. The molecule has 67 heavy (non-hydrogen) atoms. The van der Waals surface area contributed by atoms with Crippen LogP contribution >= 0.6 is 0 Å². The molecule has 4 aliphatic carbocycles. The van der Waals surface area contributed by atoms with Gasteiger partial charge in [-0.15, -0.1) is 0 Å². The summed E-state index contributed by atoms with van der Waals surface area (Å²) in [5.41, 5.74) is 7.05. The second kappa shape index (κ2) is 15.4. The molecule has 14 rings (SSSR count). The quantitative estimate of drug-likeness (QED) is 0.113. The van der Waals surface area contributed by atoms with Crippen molar-refractivity contribution in [2.24, 2.45) is 17.8 Å². The first-order valence-corrected chi connectivity index (χ1v) is 23.5. The van der Waals surface area contributed by atoms with E-state index >= 15 is 0 Å². The van der Waals surface area contributed by atoms with E-state index in [1.165, 1.54) is 55.0 Å². The second-order valence-electron chi connectivity index (χ2n) is 20.2. The van der Waals surface area contributed by atoms with E-state index in [0.29, 0.717) is 28.2 Å². The van der Waals surface area contributed by atoms with E-state index in [-0.39, 0.29) is 38.8 Å². The predicted octanol–water partition coefficient (Wildman–Crippen LogP) is 15.1.